The second kappa shape index (κ2) is 9.69. The van der Waals surface area contributed by atoms with Gasteiger partial charge in [0.2, 0.25) is 0 Å². The van der Waals surface area contributed by atoms with Gasteiger partial charge in [-0.25, -0.2) is 0 Å². The number of ether oxygens (including phenoxy) is 3. The van der Waals surface area contributed by atoms with Crippen LogP contribution in [0.3, 0.4) is 0 Å². The summed E-state index contributed by atoms with van der Waals surface area (Å²) in [6, 6.07) is 7.82. The van der Waals surface area contributed by atoms with Crippen LogP contribution in [0.5, 0.6) is 11.5 Å². The molecule has 6 nitrogen and oxygen atoms in total. The molecule has 0 aliphatic rings. The first-order chi connectivity index (χ1) is 12.8. The molecule has 2 aromatic carbocycles. The Hall–Kier alpha value is -2.15. The third-order valence-electron chi connectivity index (χ3n) is 3.44. The highest BCUT2D eigenvalue weighted by Gasteiger charge is 2.14. The SMILES string of the molecule is COc1cc(OC)c(NC(=O)COC(=O)Cc2ccc(Cl)c(Cl)c2)cc1Cl. The second-order valence-electron chi connectivity index (χ2n) is 5.32. The van der Waals surface area contributed by atoms with Gasteiger partial charge in [0.05, 0.1) is 41.4 Å². The molecule has 9 heteroatoms. The first-order valence-corrected chi connectivity index (χ1v) is 8.78. The number of benzene rings is 2. The first-order valence-electron chi connectivity index (χ1n) is 7.65. The number of amides is 1. The average Bonchev–Trinajstić information content (AvgIpc) is 2.63. The summed E-state index contributed by atoms with van der Waals surface area (Å²) in [6.07, 6.45) is -0.0398. The van der Waals surface area contributed by atoms with Crippen LogP contribution in [0.4, 0.5) is 5.69 Å². The third kappa shape index (κ3) is 5.92. The van der Waals surface area contributed by atoms with Gasteiger partial charge in [0.25, 0.3) is 5.91 Å². The third-order valence-corrected chi connectivity index (χ3v) is 4.48. The number of anilines is 1. The predicted octanol–water partition coefficient (Wildman–Crippen LogP) is 4.39. The molecule has 0 aromatic heterocycles. The van der Waals surface area contributed by atoms with Crippen LogP contribution < -0.4 is 14.8 Å². The van der Waals surface area contributed by atoms with Gasteiger partial charge in [-0.3, -0.25) is 9.59 Å². The van der Waals surface area contributed by atoms with Crippen LogP contribution in [0.25, 0.3) is 0 Å². The van der Waals surface area contributed by atoms with E-state index in [-0.39, 0.29) is 6.42 Å². The Morgan fingerprint density at radius 3 is 2.26 bits per heavy atom. The second-order valence-corrected chi connectivity index (χ2v) is 6.54. The smallest absolute Gasteiger partial charge is 0.310 e. The van der Waals surface area contributed by atoms with Gasteiger partial charge in [0.15, 0.2) is 6.61 Å². The molecular weight excluding hydrogens is 417 g/mol. The van der Waals surface area contributed by atoms with E-state index in [2.05, 4.69) is 5.32 Å². The number of halogens is 3. The minimum Gasteiger partial charge on any atom is -0.495 e. The zero-order valence-electron chi connectivity index (χ0n) is 14.5. The van der Waals surface area contributed by atoms with Crippen LogP contribution in [0, 0.1) is 0 Å². The fourth-order valence-electron chi connectivity index (χ4n) is 2.16. The van der Waals surface area contributed by atoms with Crippen LogP contribution in [0.2, 0.25) is 15.1 Å². The van der Waals surface area contributed by atoms with Crippen LogP contribution in [-0.2, 0) is 20.7 Å². The number of esters is 1. The molecule has 0 aliphatic heterocycles. The van der Waals surface area contributed by atoms with E-state index in [4.69, 9.17) is 49.0 Å². The Morgan fingerprint density at radius 1 is 0.926 bits per heavy atom. The molecule has 1 N–H and O–H groups in total. The molecule has 0 bridgehead atoms. The Bertz CT molecular complexity index is 857. The van der Waals surface area contributed by atoms with Crippen molar-refractivity contribution in [1.29, 1.82) is 0 Å². The van der Waals surface area contributed by atoms with Crippen molar-refractivity contribution in [2.24, 2.45) is 0 Å². The number of nitrogens with one attached hydrogen (secondary N) is 1. The fourth-order valence-corrected chi connectivity index (χ4v) is 2.72. The van der Waals surface area contributed by atoms with Crippen molar-refractivity contribution in [1.82, 2.24) is 0 Å². The highest BCUT2D eigenvalue weighted by molar-refractivity contribution is 6.42. The summed E-state index contributed by atoms with van der Waals surface area (Å²) < 4.78 is 15.2. The van der Waals surface area contributed by atoms with Crippen LogP contribution >= 0.6 is 34.8 Å². The van der Waals surface area contributed by atoms with E-state index in [1.165, 1.54) is 26.4 Å². The largest absolute Gasteiger partial charge is 0.495 e. The summed E-state index contributed by atoms with van der Waals surface area (Å²) in [5.41, 5.74) is 0.951. The number of hydrogen-bond acceptors (Lipinski definition) is 5. The number of carbonyl (C=O) groups excluding carboxylic acids is 2. The van der Waals surface area contributed by atoms with E-state index >= 15 is 0 Å². The molecular formula is C18H16Cl3NO5. The lowest BCUT2D eigenvalue weighted by atomic mass is 10.1. The minimum absolute atomic E-state index is 0.0398. The molecule has 0 aliphatic carbocycles. The van der Waals surface area contributed by atoms with Crippen LogP contribution in [0.1, 0.15) is 5.56 Å². The quantitative estimate of drug-likeness (QED) is 0.657. The zero-order valence-corrected chi connectivity index (χ0v) is 16.7. The van der Waals surface area contributed by atoms with Crippen molar-refractivity contribution >= 4 is 52.4 Å². The molecule has 0 saturated heterocycles. The first kappa shape index (κ1) is 21.2. The van der Waals surface area contributed by atoms with E-state index in [0.29, 0.717) is 37.8 Å². The monoisotopic (exact) mass is 431 g/mol. The molecule has 0 radical (unpaired) electrons. The van der Waals surface area contributed by atoms with E-state index in [1.54, 1.807) is 18.2 Å². The van der Waals surface area contributed by atoms with Crippen molar-refractivity contribution in [3.63, 3.8) is 0 Å². The van der Waals surface area contributed by atoms with Crippen LogP contribution in [0.15, 0.2) is 30.3 Å². The van der Waals surface area contributed by atoms with Crippen molar-refractivity contribution < 1.29 is 23.8 Å². The molecule has 27 heavy (non-hydrogen) atoms. The summed E-state index contributed by atoms with van der Waals surface area (Å²) in [5.74, 6) is -0.369. The van der Waals surface area contributed by atoms with E-state index in [9.17, 15) is 9.59 Å². The van der Waals surface area contributed by atoms with E-state index < -0.39 is 18.5 Å². The van der Waals surface area contributed by atoms with Gasteiger partial charge in [-0.2, -0.15) is 0 Å². The molecule has 1 amide bonds. The van der Waals surface area contributed by atoms with Crippen molar-refractivity contribution in [3.8, 4) is 11.5 Å². The maximum atomic E-state index is 12.0. The fraction of sp³-hybridized carbons (Fsp3) is 0.222. The van der Waals surface area contributed by atoms with Crippen LogP contribution in [-0.4, -0.2) is 32.7 Å². The Kier molecular flexibility index (Phi) is 7.59. The normalized spacial score (nSPS) is 10.3. The van der Waals surface area contributed by atoms with E-state index in [1.807, 2.05) is 0 Å². The lowest BCUT2D eigenvalue weighted by Gasteiger charge is -2.13. The molecule has 0 saturated carbocycles. The number of hydrogen-bond donors (Lipinski definition) is 1. The Morgan fingerprint density at radius 2 is 1.63 bits per heavy atom. The van der Waals surface area contributed by atoms with Crippen molar-refractivity contribution in [2.45, 2.75) is 6.42 Å². The van der Waals surface area contributed by atoms with Gasteiger partial charge in [-0.05, 0) is 23.8 Å². The van der Waals surface area contributed by atoms with Gasteiger partial charge in [0.1, 0.15) is 11.5 Å². The standard InChI is InChI=1S/C18H16Cl3NO5/c1-25-15-8-16(26-2)14(7-13(15)21)22-17(23)9-27-18(24)6-10-3-4-11(19)12(20)5-10/h3-5,7-8H,6,9H2,1-2H3,(H,22,23). The molecule has 144 valence electrons. The Labute approximate surface area is 171 Å². The van der Waals surface area contributed by atoms with E-state index in [0.717, 1.165) is 0 Å². The molecule has 0 heterocycles. The molecule has 0 fully saturated rings. The molecule has 0 unspecified atom stereocenters. The van der Waals surface area contributed by atoms with Gasteiger partial charge in [-0.15, -0.1) is 0 Å². The van der Waals surface area contributed by atoms with Crippen molar-refractivity contribution in [3.05, 3.63) is 51.0 Å². The summed E-state index contributed by atoms with van der Waals surface area (Å²) in [7, 11) is 2.90. The maximum Gasteiger partial charge on any atom is 0.310 e. The van der Waals surface area contributed by atoms with Gasteiger partial charge < -0.3 is 19.5 Å². The summed E-state index contributed by atoms with van der Waals surface area (Å²) in [5, 5.41) is 3.59. The summed E-state index contributed by atoms with van der Waals surface area (Å²) in [4.78, 5) is 23.9. The highest BCUT2D eigenvalue weighted by Crippen LogP contribution is 2.35. The topological polar surface area (TPSA) is 73.9 Å². The molecule has 0 atom stereocenters. The summed E-state index contributed by atoms with van der Waals surface area (Å²) in [6.45, 7) is -0.465. The van der Waals surface area contributed by atoms with Gasteiger partial charge in [0, 0.05) is 6.07 Å². The maximum absolute atomic E-state index is 12.0. The Balaban J connectivity index is 1.93. The number of rotatable bonds is 7. The number of carbonyl (C=O) groups is 2. The lowest BCUT2D eigenvalue weighted by molar-refractivity contribution is -0.146. The minimum atomic E-state index is -0.580. The molecule has 2 aromatic rings. The zero-order chi connectivity index (χ0) is 20.0. The average molecular weight is 433 g/mol. The molecule has 0 spiro atoms. The summed E-state index contributed by atoms with van der Waals surface area (Å²) >= 11 is 17.8. The highest BCUT2D eigenvalue weighted by atomic mass is 35.5. The van der Waals surface area contributed by atoms with Gasteiger partial charge in [-0.1, -0.05) is 40.9 Å². The number of methoxy groups -OCH3 is 2. The lowest BCUT2D eigenvalue weighted by Crippen LogP contribution is -2.22. The predicted molar refractivity (Wildman–Crippen MR) is 104 cm³/mol. The molecule has 2 rings (SSSR count). The van der Waals surface area contributed by atoms with Crippen molar-refractivity contribution in [2.75, 3.05) is 26.1 Å². The van der Waals surface area contributed by atoms with Gasteiger partial charge >= 0.3 is 5.97 Å².